The number of sulfonamides is 1. The van der Waals surface area contributed by atoms with Crippen LogP contribution in [0.1, 0.15) is 48.8 Å². The van der Waals surface area contributed by atoms with Crippen molar-refractivity contribution in [3.8, 4) is 0 Å². The van der Waals surface area contributed by atoms with Gasteiger partial charge in [-0.25, -0.2) is 12.7 Å². The minimum absolute atomic E-state index is 0.0506. The number of nitrogens with zero attached hydrogens (tertiary/aromatic N) is 2. The van der Waals surface area contributed by atoms with Crippen molar-refractivity contribution in [3.63, 3.8) is 0 Å². The number of amides is 1. The van der Waals surface area contributed by atoms with Crippen molar-refractivity contribution < 1.29 is 13.2 Å². The standard InChI is InChI=1S/C27H37N3O3S/c31-27(28-20-24-12-14-25(15-13-24)21-29-16-4-5-17-29)26-11-6-18-30(22-26)34(32,33)19-7-10-23-8-2-1-3-9-23/h1-3,8-9,12-15,26H,4-7,10-11,16-22H2,(H,28,31)/t26-/m1/s1. The molecule has 2 aromatic rings. The van der Waals surface area contributed by atoms with E-state index in [4.69, 9.17) is 0 Å². The predicted molar refractivity (Wildman–Crippen MR) is 136 cm³/mol. The van der Waals surface area contributed by atoms with Gasteiger partial charge in [-0.3, -0.25) is 9.69 Å². The van der Waals surface area contributed by atoms with Gasteiger partial charge in [0.05, 0.1) is 11.7 Å². The first-order chi connectivity index (χ1) is 16.5. The van der Waals surface area contributed by atoms with E-state index < -0.39 is 10.0 Å². The second kappa shape index (κ2) is 12.0. The van der Waals surface area contributed by atoms with Crippen LogP contribution < -0.4 is 5.32 Å². The summed E-state index contributed by atoms with van der Waals surface area (Å²) < 4.78 is 27.3. The van der Waals surface area contributed by atoms with Gasteiger partial charge in [-0.15, -0.1) is 0 Å². The third-order valence-electron chi connectivity index (χ3n) is 6.95. The molecule has 2 aliphatic heterocycles. The molecule has 7 heteroatoms. The van der Waals surface area contributed by atoms with Gasteiger partial charge in [-0.05, 0) is 68.3 Å². The van der Waals surface area contributed by atoms with E-state index in [0.29, 0.717) is 19.5 Å². The van der Waals surface area contributed by atoms with Crippen molar-refractivity contribution in [3.05, 3.63) is 71.3 Å². The second-order valence-corrected chi connectivity index (χ2v) is 11.7. The maximum Gasteiger partial charge on any atom is 0.224 e. The van der Waals surface area contributed by atoms with E-state index in [2.05, 4.69) is 34.5 Å². The normalized spacial score (nSPS) is 19.8. The molecule has 2 heterocycles. The van der Waals surface area contributed by atoms with Crippen molar-refractivity contribution in [2.75, 3.05) is 31.9 Å². The van der Waals surface area contributed by atoms with Crippen LogP contribution in [0.25, 0.3) is 0 Å². The Labute approximate surface area is 204 Å². The molecule has 0 aliphatic carbocycles. The van der Waals surface area contributed by atoms with E-state index in [0.717, 1.165) is 36.9 Å². The Bertz CT molecular complexity index is 1020. The second-order valence-electron chi connectivity index (χ2n) is 9.62. The van der Waals surface area contributed by atoms with Crippen molar-refractivity contribution >= 4 is 15.9 Å². The zero-order valence-corrected chi connectivity index (χ0v) is 20.8. The zero-order chi connectivity index (χ0) is 23.8. The highest BCUT2D eigenvalue weighted by Gasteiger charge is 2.31. The van der Waals surface area contributed by atoms with Crippen LogP contribution >= 0.6 is 0 Å². The molecule has 0 saturated carbocycles. The largest absolute Gasteiger partial charge is 0.352 e. The molecule has 4 rings (SSSR count). The molecule has 0 radical (unpaired) electrons. The topological polar surface area (TPSA) is 69.7 Å². The first-order valence-electron chi connectivity index (χ1n) is 12.6. The fourth-order valence-corrected chi connectivity index (χ4v) is 6.52. The number of piperidine rings is 1. The highest BCUT2D eigenvalue weighted by Crippen LogP contribution is 2.21. The van der Waals surface area contributed by atoms with E-state index in [1.165, 1.54) is 35.8 Å². The molecule has 34 heavy (non-hydrogen) atoms. The Hall–Kier alpha value is -2.22. The molecule has 0 unspecified atom stereocenters. The molecule has 1 N–H and O–H groups in total. The molecule has 0 aromatic heterocycles. The van der Waals surface area contributed by atoms with E-state index in [1.54, 1.807) is 0 Å². The summed E-state index contributed by atoms with van der Waals surface area (Å²) in [5.41, 5.74) is 3.52. The Kier molecular flexibility index (Phi) is 8.75. The lowest BCUT2D eigenvalue weighted by Crippen LogP contribution is -2.46. The monoisotopic (exact) mass is 483 g/mol. The molecular formula is C27H37N3O3S. The Balaban J connectivity index is 1.22. The van der Waals surface area contributed by atoms with E-state index in [9.17, 15) is 13.2 Å². The molecule has 2 saturated heterocycles. The first kappa shape index (κ1) is 24.9. The van der Waals surface area contributed by atoms with Gasteiger partial charge >= 0.3 is 0 Å². The Morgan fingerprint density at radius 2 is 1.59 bits per heavy atom. The maximum absolute atomic E-state index is 12.9. The highest BCUT2D eigenvalue weighted by atomic mass is 32.2. The summed E-state index contributed by atoms with van der Waals surface area (Å²) >= 11 is 0. The first-order valence-corrected chi connectivity index (χ1v) is 14.2. The smallest absolute Gasteiger partial charge is 0.224 e. The molecule has 1 atom stereocenters. The summed E-state index contributed by atoms with van der Waals surface area (Å²) in [5.74, 6) is -0.211. The van der Waals surface area contributed by atoms with Gasteiger partial charge in [0.15, 0.2) is 0 Å². The van der Waals surface area contributed by atoms with Gasteiger partial charge in [0, 0.05) is 26.2 Å². The summed E-state index contributed by atoms with van der Waals surface area (Å²) in [6, 6.07) is 18.4. The molecule has 0 spiro atoms. The Morgan fingerprint density at radius 3 is 2.32 bits per heavy atom. The van der Waals surface area contributed by atoms with Crippen LogP contribution in [0.15, 0.2) is 54.6 Å². The minimum atomic E-state index is -3.35. The SMILES string of the molecule is O=C(NCc1ccc(CN2CCCC2)cc1)[C@@H]1CCCN(S(=O)(=O)CCCc2ccccc2)C1. The number of carbonyl (C=O) groups is 1. The van der Waals surface area contributed by atoms with Gasteiger partial charge in [0.25, 0.3) is 0 Å². The van der Waals surface area contributed by atoms with Crippen LogP contribution in [0, 0.1) is 5.92 Å². The van der Waals surface area contributed by atoms with Crippen LogP contribution in [-0.2, 0) is 34.3 Å². The quantitative estimate of drug-likeness (QED) is 0.561. The number of carbonyl (C=O) groups excluding carboxylic acids is 1. The summed E-state index contributed by atoms with van der Waals surface area (Å²) in [6.07, 6.45) is 5.37. The van der Waals surface area contributed by atoms with Crippen LogP contribution in [0.4, 0.5) is 0 Å². The Morgan fingerprint density at radius 1 is 0.882 bits per heavy atom. The fourth-order valence-electron chi connectivity index (χ4n) is 4.94. The number of aryl methyl sites for hydroxylation is 1. The van der Waals surface area contributed by atoms with Crippen molar-refractivity contribution in [1.82, 2.24) is 14.5 Å². The lowest BCUT2D eigenvalue weighted by Gasteiger charge is -2.31. The molecular weight excluding hydrogens is 446 g/mol. The third kappa shape index (κ3) is 7.14. The number of nitrogens with one attached hydrogen (secondary N) is 1. The molecule has 2 aromatic carbocycles. The van der Waals surface area contributed by atoms with Crippen LogP contribution in [0.5, 0.6) is 0 Å². The van der Waals surface area contributed by atoms with Crippen LogP contribution in [0.3, 0.4) is 0 Å². The lowest BCUT2D eigenvalue weighted by molar-refractivity contribution is -0.126. The van der Waals surface area contributed by atoms with Crippen LogP contribution in [-0.4, -0.2) is 55.5 Å². The summed E-state index contributed by atoms with van der Waals surface area (Å²) in [6.45, 7) is 4.62. The van der Waals surface area contributed by atoms with E-state index in [-0.39, 0.29) is 24.1 Å². The number of likely N-dealkylation sites (tertiary alicyclic amines) is 1. The number of hydrogen-bond acceptors (Lipinski definition) is 4. The summed E-state index contributed by atoms with van der Waals surface area (Å²) in [5, 5.41) is 3.03. The van der Waals surface area contributed by atoms with Gasteiger partial charge < -0.3 is 5.32 Å². The van der Waals surface area contributed by atoms with Gasteiger partial charge in [-0.1, -0.05) is 54.6 Å². The van der Waals surface area contributed by atoms with Crippen molar-refractivity contribution in [2.45, 2.75) is 51.6 Å². The maximum atomic E-state index is 12.9. The van der Waals surface area contributed by atoms with Gasteiger partial charge in [0.1, 0.15) is 0 Å². The fraction of sp³-hybridized carbons (Fsp3) is 0.519. The summed E-state index contributed by atoms with van der Waals surface area (Å²) in [4.78, 5) is 15.3. The molecule has 184 valence electrons. The van der Waals surface area contributed by atoms with Crippen molar-refractivity contribution in [2.24, 2.45) is 5.92 Å². The lowest BCUT2D eigenvalue weighted by atomic mass is 9.98. The number of rotatable bonds is 10. The number of benzene rings is 2. The van der Waals surface area contributed by atoms with Gasteiger partial charge in [0.2, 0.25) is 15.9 Å². The zero-order valence-electron chi connectivity index (χ0n) is 20.0. The van der Waals surface area contributed by atoms with Gasteiger partial charge in [-0.2, -0.15) is 0 Å². The molecule has 0 bridgehead atoms. The van der Waals surface area contributed by atoms with E-state index in [1.807, 2.05) is 30.3 Å². The van der Waals surface area contributed by atoms with Crippen molar-refractivity contribution in [1.29, 1.82) is 0 Å². The average Bonchev–Trinajstić information content (AvgIpc) is 3.37. The minimum Gasteiger partial charge on any atom is -0.352 e. The molecule has 1 amide bonds. The third-order valence-corrected chi connectivity index (χ3v) is 8.88. The van der Waals surface area contributed by atoms with E-state index >= 15 is 0 Å². The van der Waals surface area contributed by atoms with Crippen LogP contribution in [0.2, 0.25) is 0 Å². The number of hydrogen-bond donors (Lipinski definition) is 1. The average molecular weight is 484 g/mol. The molecule has 2 fully saturated rings. The predicted octanol–water partition coefficient (Wildman–Crippen LogP) is 3.57. The molecule has 2 aliphatic rings. The summed E-state index contributed by atoms with van der Waals surface area (Å²) in [7, 11) is -3.35. The highest BCUT2D eigenvalue weighted by molar-refractivity contribution is 7.89. The molecule has 6 nitrogen and oxygen atoms in total.